The summed E-state index contributed by atoms with van der Waals surface area (Å²) in [4.78, 5) is 0. The van der Waals surface area contributed by atoms with E-state index in [2.05, 4.69) is 6.92 Å². The lowest BCUT2D eigenvalue weighted by Crippen LogP contribution is -1.99. The molecule has 0 aromatic rings. The summed E-state index contributed by atoms with van der Waals surface area (Å²) in [5.74, 6) is 0.490. The molecule has 1 aliphatic rings. The maximum Gasteiger partial charge on any atom is 0.0409 e. The van der Waals surface area contributed by atoms with E-state index in [1.807, 2.05) is 13.0 Å². The Morgan fingerprint density at radius 3 is 2.60 bits per heavy atom. The third kappa shape index (κ3) is 1.56. The molecule has 0 N–H and O–H groups in total. The van der Waals surface area contributed by atoms with E-state index in [0.29, 0.717) is 5.92 Å². The molecule has 0 nitrogen and oxygen atoms in total. The van der Waals surface area contributed by atoms with Gasteiger partial charge in [-0.25, -0.2) is 0 Å². The van der Waals surface area contributed by atoms with Crippen molar-refractivity contribution in [2.45, 2.75) is 20.3 Å². The van der Waals surface area contributed by atoms with Crippen molar-refractivity contribution in [2.75, 3.05) is 0 Å². The van der Waals surface area contributed by atoms with Crippen LogP contribution in [0.15, 0.2) is 21.7 Å². The second-order valence-corrected chi connectivity index (χ2v) is 3.59. The highest BCUT2D eigenvalue weighted by atomic mass is 35.5. The van der Waals surface area contributed by atoms with E-state index in [-0.39, 0.29) is 0 Å². The average molecular weight is 177 g/mol. The van der Waals surface area contributed by atoms with Crippen molar-refractivity contribution in [1.82, 2.24) is 0 Å². The van der Waals surface area contributed by atoms with Gasteiger partial charge in [0.15, 0.2) is 0 Å². The van der Waals surface area contributed by atoms with Crippen LogP contribution < -0.4 is 0 Å². The van der Waals surface area contributed by atoms with Crippen LogP contribution in [0.2, 0.25) is 0 Å². The van der Waals surface area contributed by atoms with Gasteiger partial charge in [-0.15, -0.1) is 0 Å². The summed E-state index contributed by atoms with van der Waals surface area (Å²) in [6.07, 6.45) is 2.98. The number of hydrogen-bond donors (Lipinski definition) is 0. The van der Waals surface area contributed by atoms with Gasteiger partial charge in [-0.3, -0.25) is 0 Å². The maximum absolute atomic E-state index is 5.91. The molecule has 1 atom stereocenters. The maximum atomic E-state index is 5.91. The van der Waals surface area contributed by atoms with Crippen molar-refractivity contribution in [1.29, 1.82) is 0 Å². The zero-order chi connectivity index (χ0) is 7.72. The predicted octanol–water partition coefficient (Wildman–Crippen LogP) is 3.66. The van der Waals surface area contributed by atoms with E-state index < -0.39 is 0 Å². The summed E-state index contributed by atoms with van der Waals surface area (Å²) in [6.45, 7) is 4.06. The summed E-state index contributed by atoms with van der Waals surface area (Å²) in [5.41, 5.74) is 1.03. The van der Waals surface area contributed by atoms with E-state index in [4.69, 9.17) is 23.2 Å². The van der Waals surface area contributed by atoms with Gasteiger partial charge in [0.1, 0.15) is 0 Å². The van der Waals surface area contributed by atoms with E-state index in [1.54, 1.807) is 0 Å². The molecule has 2 heteroatoms. The molecule has 0 spiro atoms. The van der Waals surface area contributed by atoms with Gasteiger partial charge in [-0.2, -0.15) is 0 Å². The molecule has 1 unspecified atom stereocenters. The van der Waals surface area contributed by atoms with Crippen LogP contribution in [0.5, 0.6) is 0 Å². The molecule has 0 amide bonds. The van der Waals surface area contributed by atoms with Crippen LogP contribution in [-0.4, -0.2) is 0 Å². The van der Waals surface area contributed by atoms with Crippen molar-refractivity contribution in [3.63, 3.8) is 0 Å². The van der Waals surface area contributed by atoms with Gasteiger partial charge < -0.3 is 0 Å². The predicted molar refractivity (Wildman–Crippen MR) is 46.3 cm³/mol. The molecule has 0 saturated carbocycles. The molecule has 1 aliphatic carbocycles. The monoisotopic (exact) mass is 176 g/mol. The van der Waals surface area contributed by atoms with E-state index >= 15 is 0 Å². The van der Waals surface area contributed by atoms with Crippen LogP contribution in [0.3, 0.4) is 0 Å². The van der Waals surface area contributed by atoms with Gasteiger partial charge in [0.2, 0.25) is 0 Å². The molecule has 0 saturated heterocycles. The summed E-state index contributed by atoms with van der Waals surface area (Å²) in [6, 6.07) is 0. The van der Waals surface area contributed by atoms with Gasteiger partial charge in [-0.05, 0) is 24.8 Å². The van der Waals surface area contributed by atoms with E-state index in [0.717, 1.165) is 22.1 Å². The van der Waals surface area contributed by atoms with Gasteiger partial charge in [0.25, 0.3) is 0 Å². The van der Waals surface area contributed by atoms with E-state index in [1.165, 1.54) is 0 Å². The summed E-state index contributed by atoms with van der Waals surface area (Å²) in [7, 11) is 0. The molecule has 0 radical (unpaired) electrons. The Morgan fingerprint density at radius 1 is 1.50 bits per heavy atom. The number of allylic oxidation sites excluding steroid dienone is 4. The molecule has 0 fully saturated rings. The first-order valence-corrected chi connectivity index (χ1v) is 4.10. The Bertz CT molecular complexity index is 201. The molecule has 56 valence electrons. The largest absolute Gasteiger partial charge is 0.0888 e. The topological polar surface area (TPSA) is 0 Å². The number of rotatable bonds is 0. The minimum Gasteiger partial charge on any atom is -0.0888 e. The highest BCUT2D eigenvalue weighted by Gasteiger charge is 2.13. The summed E-state index contributed by atoms with van der Waals surface area (Å²) >= 11 is 11.8. The first kappa shape index (κ1) is 8.16. The Morgan fingerprint density at radius 2 is 2.10 bits per heavy atom. The third-order valence-corrected chi connectivity index (χ3v) is 2.54. The fourth-order valence-electron chi connectivity index (χ4n) is 0.999. The quantitative estimate of drug-likeness (QED) is 0.529. The van der Waals surface area contributed by atoms with Crippen molar-refractivity contribution in [3.8, 4) is 0 Å². The van der Waals surface area contributed by atoms with Crippen molar-refractivity contribution < 1.29 is 0 Å². The normalized spacial score (nSPS) is 26.8. The van der Waals surface area contributed by atoms with Crippen LogP contribution in [0, 0.1) is 5.92 Å². The SMILES string of the molecule is CC1=C(Cl)CC(C)C=C1Cl. The Kier molecular flexibility index (Phi) is 2.43. The lowest BCUT2D eigenvalue weighted by atomic mass is 9.99. The average Bonchev–Trinajstić information content (AvgIpc) is 1.82. The van der Waals surface area contributed by atoms with Crippen LogP contribution in [0.4, 0.5) is 0 Å². The van der Waals surface area contributed by atoms with Crippen molar-refractivity contribution >= 4 is 23.2 Å². The summed E-state index contributed by atoms with van der Waals surface area (Å²) < 4.78 is 0. The second kappa shape index (κ2) is 2.98. The standard InChI is InChI=1S/C8H10Cl2/c1-5-3-7(9)6(2)8(10)4-5/h3,5H,4H2,1-2H3. The zero-order valence-electron chi connectivity index (χ0n) is 6.12. The minimum atomic E-state index is 0.490. The Hall–Kier alpha value is 0.0600. The smallest absolute Gasteiger partial charge is 0.0409 e. The van der Waals surface area contributed by atoms with Crippen LogP contribution in [0.1, 0.15) is 20.3 Å². The number of halogens is 2. The summed E-state index contributed by atoms with van der Waals surface area (Å²) in [5, 5.41) is 1.71. The van der Waals surface area contributed by atoms with Crippen LogP contribution in [-0.2, 0) is 0 Å². The molecule has 0 aromatic carbocycles. The molecular formula is C8H10Cl2. The molecule has 0 aliphatic heterocycles. The second-order valence-electron chi connectivity index (χ2n) is 2.73. The highest BCUT2D eigenvalue weighted by molar-refractivity contribution is 6.35. The third-order valence-electron chi connectivity index (χ3n) is 1.70. The van der Waals surface area contributed by atoms with E-state index in [9.17, 15) is 0 Å². The van der Waals surface area contributed by atoms with Gasteiger partial charge in [0, 0.05) is 10.1 Å². The lowest BCUT2D eigenvalue weighted by Gasteiger charge is -2.15. The fraction of sp³-hybridized carbons (Fsp3) is 0.500. The minimum absolute atomic E-state index is 0.490. The van der Waals surface area contributed by atoms with Gasteiger partial charge >= 0.3 is 0 Å². The highest BCUT2D eigenvalue weighted by Crippen LogP contribution is 2.32. The van der Waals surface area contributed by atoms with Gasteiger partial charge in [-0.1, -0.05) is 36.2 Å². The molecule has 0 heterocycles. The molecule has 10 heavy (non-hydrogen) atoms. The lowest BCUT2D eigenvalue weighted by molar-refractivity contribution is 0.719. The van der Waals surface area contributed by atoms with Crippen molar-refractivity contribution in [2.24, 2.45) is 5.92 Å². The van der Waals surface area contributed by atoms with Crippen LogP contribution in [0.25, 0.3) is 0 Å². The number of hydrogen-bond acceptors (Lipinski definition) is 0. The zero-order valence-corrected chi connectivity index (χ0v) is 7.63. The van der Waals surface area contributed by atoms with Gasteiger partial charge in [0.05, 0.1) is 0 Å². The fourth-order valence-corrected chi connectivity index (χ4v) is 1.72. The first-order valence-electron chi connectivity index (χ1n) is 3.34. The Balaban J connectivity index is 2.90. The molecular weight excluding hydrogens is 167 g/mol. The first-order chi connectivity index (χ1) is 4.61. The molecule has 0 aromatic heterocycles. The molecule has 0 bridgehead atoms. The molecule has 1 rings (SSSR count). The Labute approximate surface area is 71.5 Å². The van der Waals surface area contributed by atoms with Crippen molar-refractivity contribution in [3.05, 3.63) is 21.7 Å². The van der Waals surface area contributed by atoms with Crippen LogP contribution >= 0.6 is 23.2 Å².